The van der Waals surface area contributed by atoms with Crippen LogP contribution in [-0.2, 0) is 16.1 Å². The number of rotatable bonds is 5. The number of carbonyl (C=O) groups is 2. The van der Waals surface area contributed by atoms with Gasteiger partial charge in [0, 0.05) is 18.9 Å². The van der Waals surface area contributed by atoms with Crippen LogP contribution in [0.5, 0.6) is 0 Å². The fourth-order valence-corrected chi connectivity index (χ4v) is 3.28. The third-order valence-corrected chi connectivity index (χ3v) is 4.46. The Labute approximate surface area is 134 Å². The van der Waals surface area contributed by atoms with Crippen molar-refractivity contribution in [2.24, 2.45) is 0 Å². The van der Waals surface area contributed by atoms with Crippen LogP contribution in [-0.4, -0.2) is 62.6 Å². The van der Waals surface area contributed by atoms with Gasteiger partial charge in [-0.25, -0.2) is 9.97 Å². The van der Waals surface area contributed by atoms with Gasteiger partial charge in [0.2, 0.25) is 11.8 Å². The van der Waals surface area contributed by atoms with Gasteiger partial charge in [0.25, 0.3) is 0 Å². The zero-order valence-corrected chi connectivity index (χ0v) is 13.0. The minimum atomic E-state index is -0.950. The lowest BCUT2D eigenvalue weighted by atomic mass is 9.84. The second-order valence-electron chi connectivity index (χ2n) is 6.11. The molecule has 0 bridgehead atoms. The van der Waals surface area contributed by atoms with Crippen LogP contribution in [0.3, 0.4) is 0 Å². The zero-order chi connectivity index (χ0) is 16.4. The molecule has 3 heterocycles. The topological polar surface area (TPSA) is 107 Å². The number of aliphatic hydroxyl groups excluding tert-OH is 1. The summed E-state index contributed by atoms with van der Waals surface area (Å²) in [5.74, 6) is -0.0188. The highest BCUT2D eigenvalue weighted by Gasteiger charge is 2.57. The maximum absolute atomic E-state index is 12.5. The molecule has 2 aliphatic heterocycles. The predicted molar refractivity (Wildman–Crippen MR) is 81.0 cm³/mol. The van der Waals surface area contributed by atoms with Crippen LogP contribution < -0.4 is 10.6 Å². The molecular formula is C15H21N5O3. The second kappa shape index (κ2) is 6.21. The molecular weight excluding hydrogens is 298 g/mol. The molecule has 0 saturated carbocycles. The molecule has 1 aromatic rings. The summed E-state index contributed by atoms with van der Waals surface area (Å²) in [7, 11) is 0. The lowest BCUT2D eigenvalue weighted by Crippen LogP contribution is -2.76. The molecule has 124 valence electrons. The van der Waals surface area contributed by atoms with Crippen LogP contribution in [0.4, 0.5) is 0 Å². The SMILES string of the molecule is C[C@@H](O)[C@@H](C(=O)NCc1ncccn1)N1CC2(CCCN2)C1=O. The van der Waals surface area contributed by atoms with Crippen molar-refractivity contribution < 1.29 is 14.7 Å². The van der Waals surface area contributed by atoms with Crippen LogP contribution in [0, 0.1) is 0 Å². The summed E-state index contributed by atoms with van der Waals surface area (Å²) in [6, 6.07) is 0.802. The Morgan fingerprint density at radius 2 is 2.26 bits per heavy atom. The van der Waals surface area contributed by atoms with E-state index in [1.165, 1.54) is 11.8 Å². The van der Waals surface area contributed by atoms with Crippen molar-refractivity contribution in [3.8, 4) is 0 Å². The molecule has 8 heteroatoms. The van der Waals surface area contributed by atoms with Crippen molar-refractivity contribution in [2.45, 2.75) is 44.0 Å². The molecule has 23 heavy (non-hydrogen) atoms. The molecule has 2 fully saturated rings. The summed E-state index contributed by atoms with van der Waals surface area (Å²) in [6.07, 6.45) is 3.98. The van der Waals surface area contributed by atoms with E-state index in [9.17, 15) is 14.7 Å². The highest BCUT2D eigenvalue weighted by Crippen LogP contribution is 2.33. The monoisotopic (exact) mass is 319 g/mol. The van der Waals surface area contributed by atoms with E-state index in [2.05, 4.69) is 20.6 Å². The van der Waals surface area contributed by atoms with E-state index < -0.39 is 23.6 Å². The van der Waals surface area contributed by atoms with E-state index in [0.29, 0.717) is 12.4 Å². The van der Waals surface area contributed by atoms with Crippen LogP contribution >= 0.6 is 0 Å². The smallest absolute Gasteiger partial charge is 0.245 e. The van der Waals surface area contributed by atoms with Gasteiger partial charge in [0.15, 0.2) is 0 Å². The molecule has 2 aliphatic rings. The molecule has 0 aromatic carbocycles. The molecule has 1 unspecified atom stereocenters. The van der Waals surface area contributed by atoms with Gasteiger partial charge in [-0.15, -0.1) is 0 Å². The van der Waals surface area contributed by atoms with Crippen molar-refractivity contribution in [2.75, 3.05) is 13.1 Å². The van der Waals surface area contributed by atoms with Gasteiger partial charge in [0.05, 0.1) is 12.6 Å². The quantitative estimate of drug-likeness (QED) is 0.589. The zero-order valence-electron chi connectivity index (χ0n) is 13.0. The third-order valence-electron chi connectivity index (χ3n) is 4.46. The fraction of sp³-hybridized carbons (Fsp3) is 0.600. The van der Waals surface area contributed by atoms with Crippen LogP contribution in [0.15, 0.2) is 18.5 Å². The first kappa shape index (κ1) is 15.8. The molecule has 0 radical (unpaired) electrons. The molecule has 8 nitrogen and oxygen atoms in total. The summed E-state index contributed by atoms with van der Waals surface area (Å²) in [6.45, 7) is 2.95. The number of nitrogens with zero attached hydrogens (tertiary/aromatic N) is 3. The Balaban J connectivity index is 1.63. The van der Waals surface area contributed by atoms with Gasteiger partial charge >= 0.3 is 0 Å². The van der Waals surface area contributed by atoms with Crippen LogP contribution in [0.1, 0.15) is 25.6 Å². The minimum Gasteiger partial charge on any atom is -0.391 e. The summed E-state index contributed by atoms with van der Waals surface area (Å²) < 4.78 is 0. The number of hydrogen-bond donors (Lipinski definition) is 3. The molecule has 1 spiro atoms. The Morgan fingerprint density at radius 1 is 1.52 bits per heavy atom. The normalized spacial score (nSPS) is 26.0. The standard InChI is InChI=1S/C15H21N5O3/c1-10(21)12(13(22)18-8-11-16-5-3-6-17-11)20-9-15(14(20)23)4-2-7-19-15/h3,5-6,10,12,19,21H,2,4,7-9H2,1H3,(H,18,22)/t10-,12+,15?/m1/s1. The summed E-state index contributed by atoms with van der Waals surface area (Å²) in [5.41, 5.74) is -0.518. The Hall–Kier alpha value is -2.06. The van der Waals surface area contributed by atoms with E-state index in [4.69, 9.17) is 0 Å². The second-order valence-corrected chi connectivity index (χ2v) is 6.11. The highest BCUT2D eigenvalue weighted by molar-refractivity contribution is 5.97. The van der Waals surface area contributed by atoms with Gasteiger partial charge in [-0.3, -0.25) is 9.59 Å². The largest absolute Gasteiger partial charge is 0.391 e. The molecule has 0 aliphatic carbocycles. The first-order valence-corrected chi connectivity index (χ1v) is 7.81. The highest BCUT2D eigenvalue weighted by atomic mass is 16.3. The summed E-state index contributed by atoms with van der Waals surface area (Å²) >= 11 is 0. The maximum Gasteiger partial charge on any atom is 0.245 e. The maximum atomic E-state index is 12.5. The lowest BCUT2D eigenvalue weighted by Gasteiger charge is -2.50. The van der Waals surface area contributed by atoms with Crippen LogP contribution in [0.25, 0.3) is 0 Å². The predicted octanol–water partition coefficient (Wildman–Crippen LogP) is -1.19. The Morgan fingerprint density at radius 3 is 2.83 bits per heavy atom. The van der Waals surface area contributed by atoms with E-state index in [-0.39, 0.29) is 12.5 Å². The molecule has 3 rings (SSSR count). The number of nitrogens with one attached hydrogen (secondary N) is 2. The third kappa shape index (κ3) is 2.91. The van der Waals surface area contributed by atoms with Crippen molar-refractivity contribution in [3.05, 3.63) is 24.3 Å². The van der Waals surface area contributed by atoms with Crippen molar-refractivity contribution in [1.82, 2.24) is 25.5 Å². The number of aliphatic hydroxyl groups is 1. The molecule has 3 atom stereocenters. The van der Waals surface area contributed by atoms with Crippen molar-refractivity contribution in [3.63, 3.8) is 0 Å². The fourth-order valence-electron chi connectivity index (χ4n) is 3.28. The van der Waals surface area contributed by atoms with Gasteiger partial charge < -0.3 is 20.6 Å². The molecule has 2 amide bonds. The van der Waals surface area contributed by atoms with Gasteiger partial charge in [0.1, 0.15) is 17.4 Å². The molecule has 1 aromatic heterocycles. The Bertz CT molecular complexity index is 586. The number of amides is 2. The van der Waals surface area contributed by atoms with Gasteiger partial charge in [-0.1, -0.05) is 0 Å². The van der Waals surface area contributed by atoms with E-state index >= 15 is 0 Å². The number of hydrogen-bond acceptors (Lipinski definition) is 6. The van der Waals surface area contributed by atoms with E-state index in [1.54, 1.807) is 18.5 Å². The lowest BCUT2D eigenvalue weighted by molar-refractivity contribution is -0.164. The minimum absolute atomic E-state index is 0.105. The van der Waals surface area contributed by atoms with Crippen molar-refractivity contribution >= 4 is 11.8 Å². The summed E-state index contributed by atoms with van der Waals surface area (Å²) in [5, 5.41) is 15.9. The summed E-state index contributed by atoms with van der Waals surface area (Å²) in [4.78, 5) is 34.4. The molecule has 2 saturated heterocycles. The number of β-lactam (4-membered cyclic amide) rings is 1. The van der Waals surface area contributed by atoms with Gasteiger partial charge in [-0.05, 0) is 32.4 Å². The first-order valence-electron chi connectivity index (χ1n) is 7.81. The van der Waals surface area contributed by atoms with Crippen molar-refractivity contribution in [1.29, 1.82) is 0 Å². The average molecular weight is 319 g/mol. The number of carbonyl (C=O) groups excluding carboxylic acids is 2. The molecule has 3 N–H and O–H groups in total. The number of likely N-dealkylation sites (tertiary alicyclic amines) is 1. The van der Waals surface area contributed by atoms with E-state index in [0.717, 1.165) is 19.4 Å². The first-order chi connectivity index (χ1) is 11.0. The number of aromatic nitrogens is 2. The van der Waals surface area contributed by atoms with Crippen LogP contribution in [0.2, 0.25) is 0 Å². The Kier molecular flexibility index (Phi) is 4.27. The van der Waals surface area contributed by atoms with Gasteiger partial charge in [-0.2, -0.15) is 0 Å². The van der Waals surface area contributed by atoms with E-state index in [1.807, 2.05) is 0 Å². The average Bonchev–Trinajstić information content (AvgIpc) is 3.04.